The first kappa shape index (κ1) is 13.0. The van der Waals surface area contributed by atoms with Gasteiger partial charge in [0.15, 0.2) is 5.82 Å². The highest BCUT2D eigenvalue weighted by molar-refractivity contribution is 6.34. The van der Waals surface area contributed by atoms with Crippen LogP contribution in [0.25, 0.3) is 22.3 Å². The van der Waals surface area contributed by atoms with Crippen LogP contribution in [0.1, 0.15) is 11.1 Å². The van der Waals surface area contributed by atoms with Gasteiger partial charge in [-0.05, 0) is 43.2 Å². The molecule has 0 aliphatic rings. The molecule has 0 unspecified atom stereocenters. The molecule has 20 heavy (non-hydrogen) atoms. The highest BCUT2D eigenvalue weighted by Crippen LogP contribution is 2.28. The van der Waals surface area contributed by atoms with Crippen molar-refractivity contribution in [2.24, 2.45) is 0 Å². The maximum atomic E-state index is 13.4. The predicted octanol–water partition coefficient (Wildman–Crippen LogP) is 4.71. The predicted molar refractivity (Wildman–Crippen MR) is 79.4 cm³/mol. The summed E-state index contributed by atoms with van der Waals surface area (Å²) in [6, 6.07) is 10.3. The largest absolute Gasteiger partial charge is 0.228 e. The van der Waals surface area contributed by atoms with Gasteiger partial charge in [-0.3, -0.25) is 0 Å². The van der Waals surface area contributed by atoms with E-state index >= 15 is 0 Å². The third-order valence-corrected chi connectivity index (χ3v) is 3.61. The average molecular weight is 287 g/mol. The lowest BCUT2D eigenvalue weighted by atomic mass is 10.1. The summed E-state index contributed by atoms with van der Waals surface area (Å²) in [5, 5.41) is 1.20. The minimum Gasteiger partial charge on any atom is -0.228 e. The van der Waals surface area contributed by atoms with Crippen LogP contribution in [0.2, 0.25) is 5.15 Å². The quantitative estimate of drug-likeness (QED) is 0.606. The number of aromatic nitrogens is 2. The molecule has 100 valence electrons. The Hall–Kier alpha value is -2.00. The van der Waals surface area contributed by atoms with Crippen molar-refractivity contribution in [3.8, 4) is 11.4 Å². The smallest absolute Gasteiger partial charge is 0.161 e. The number of para-hydroxylation sites is 1. The van der Waals surface area contributed by atoms with Gasteiger partial charge in [0, 0.05) is 10.9 Å². The minimum atomic E-state index is -0.310. The zero-order valence-electron chi connectivity index (χ0n) is 11.1. The Morgan fingerprint density at radius 3 is 2.60 bits per heavy atom. The molecule has 1 heterocycles. The average Bonchev–Trinajstić information content (AvgIpc) is 2.42. The van der Waals surface area contributed by atoms with E-state index in [9.17, 15) is 4.39 Å². The summed E-state index contributed by atoms with van der Waals surface area (Å²) in [4.78, 5) is 8.85. The summed E-state index contributed by atoms with van der Waals surface area (Å²) in [6.07, 6.45) is 0. The monoisotopic (exact) mass is 286 g/mol. The van der Waals surface area contributed by atoms with Gasteiger partial charge >= 0.3 is 0 Å². The number of halogens is 2. The molecule has 0 spiro atoms. The molecular weight excluding hydrogens is 275 g/mol. The summed E-state index contributed by atoms with van der Waals surface area (Å²) >= 11 is 6.23. The number of fused-ring (bicyclic) bond motifs is 1. The summed E-state index contributed by atoms with van der Waals surface area (Å²) in [5.74, 6) is 0.143. The van der Waals surface area contributed by atoms with Gasteiger partial charge in [-0.15, -0.1) is 0 Å². The maximum Gasteiger partial charge on any atom is 0.161 e. The number of nitrogens with zero attached hydrogens (tertiary/aromatic N) is 2. The van der Waals surface area contributed by atoms with Crippen LogP contribution in [-0.2, 0) is 0 Å². The molecular formula is C16H12ClFN2. The van der Waals surface area contributed by atoms with Gasteiger partial charge in [0.1, 0.15) is 11.0 Å². The van der Waals surface area contributed by atoms with Gasteiger partial charge < -0.3 is 0 Å². The summed E-state index contributed by atoms with van der Waals surface area (Å²) in [6.45, 7) is 3.86. The van der Waals surface area contributed by atoms with E-state index in [0.717, 1.165) is 22.0 Å². The van der Waals surface area contributed by atoms with Crippen molar-refractivity contribution in [3.63, 3.8) is 0 Å². The van der Waals surface area contributed by atoms with Gasteiger partial charge in [-0.2, -0.15) is 0 Å². The molecule has 0 saturated carbocycles. The van der Waals surface area contributed by atoms with Crippen molar-refractivity contribution in [1.29, 1.82) is 0 Å². The second-order valence-electron chi connectivity index (χ2n) is 4.77. The topological polar surface area (TPSA) is 25.8 Å². The van der Waals surface area contributed by atoms with Crippen LogP contribution >= 0.6 is 11.6 Å². The molecule has 2 aromatic carbocycles. The van der Waals surface area contributed by atoms with Gasteiger partial charge in [-0.1, -0.05) is 29.8 Å². The lowest BCUT2D eigenvalue weighted by Gasteiger charge is -2.08. The van der Waals surface area contributed by atoms with E-state index in [-0.39, 0.29) is 5.82 Å². The normalized spacial score (nSPS) is 11.0. The Bertz CT molecular complexity index is 815. The summed E-state index contributed by atoms with van der Waals surface area (Å²) < 4.78 is 13.4. The Kier molecular flexibility index (Phi) is 3.14. The molecule has 3 aromatic rings. The SMILES string of the molecule is Cc1ccc(F)cc1-c1nc(Cl)c2cccc(C)c2n1. The standard InChI is InChI=1S/C16H12ClFN2/c1-9-6-7-11(18)8-13(9)16-19-14-10(2)4-3-5-12(14)15(17)20-16/h3-8H,1-2H3. The molecule has 2 nitrogen and oxygen atoms in total. The van der Waals surface area contributed by atoms with Crippen LogP contribution in [0.15, 0.2) is 36.4 Å². The maximum absolute atomic E-state index is 13.4. The Morgan fingerprint density at radius 2 is 1.80 bits per heavy atom. The third kappa shape index (κ3) is 2.14. The zero-order chi connectivity index (χ0) is 14.3. The van der Waals surface area contributed by atoms with Crippen LogP contribution < -0.4 is 0 Å². The van der Waals surface area contributed by atoms with Crippen molar-refractivity contribution in [1.82, 2.24) is 9.97 Å². The molecule has 1 aromatic heterocycles. The van der Waals surface area contributed by atoms with E-state index in [1.165, 1.54) is 12.1 Å². The van der Waals surface area contributed by atoms with Gasteiger partial charge in [0.05, 0.1) is 5.52 Å². The third-order valence-electron chi connectivity index (χ3n) is 3.32. The Balaban J connectivity index is 2.32. The van der Waals surface area contributed by atoms with Crippen LogP contribution in [0.5, 0.6) is 0 Å². The van der Waals surface area contributed by atoms with E-state index in [1.54, 1.807) is 6.07 Å². The fraction of sp³-hybridized carbons (Fsp3) is 0.125. The first-order valence-electron chi connectivity index (χ1n) is 6.25. The zero-order valence-corrected chi connectivity index (χ0v) is 11.9. The lowest BCUT2D eigenvalue weighted by molar-refractivity contribution is 0.628. The number of hydrogen-bond acceptors (Lipinski definition) is 2. The molecule has 0 radical (unpaired) electrons. The Labute approximate surface area is 121 Å². The van der Waals surface area contributed by atoms with Crippen LogP contribution in [-0.4, -0.2) is 9.97 Å². The Morgan fingerprint density at radius 1 is 1.00 bits per heavy atom. The van der Waals surface area contributed by atoms with Gasteiger partial charge in [-0.25, -0.2) is 14.4 Å². The lowest BCUT2D eigenvalue weighted by Crippen LogP contribution is -1.96. The van der Waals surface area contributed by atoms with Crippen LogP contribution in [0.3, 0.4) is 0 Å². The molecule has 4 heteroatoms. The number of hydrogen-bond donors (Lipinski definition) is 0. The van der Waals surface area contributed by atoms with Crippen molar-refractivity contribution in [2.75, 3.05) is 0 Å². The molecule has 0 aliphatic heterocycles. The van der Waals surface area contributed by atoms with E-state index in [0.29, 0.717) is 16.5 Å². The number of benzene rings is 2. The molecule has 0 fully saturated rings. The van der Waals surface area contributed by atoms with E-state index in [1.807, 2.05) is 32.0 Å². The molecule has 0 aliphatic carbocycles. The molecule has 0 bridgehead atoms. The first-order chi connectivity index (χ1) is 9.56. The van der Waals surface area contributed by atoms with E-state index < -0.39 is 0 Å². The van der Waals surface area contributed by atoms with Crippen LogP contribution in [0.4, 0.5) is 4.39 Å². The molecule has 0 N–H and O–H groups in total. The number of aryl methyl sites for hydroxylation is 2. The second kappa shape index (κ2) is 4.84. The molecule has 0 atom stereocenters. The molecule has 0 amide bonds. The van der Waals surface area contributed by atoms with Gasteiger partial charge in [0.25, 0.3) is 0 Å². The van der Waals surface area contributed by atoms with Crippen molar-refractivity contribution < 1.29 is 4.39 Å². The number of rotatable bonds is 1. The first-order valence-corrected chi connectivity index (χ1v) is 6.63. The fourth-order valence-corrected chi connectivity index (χ4v) is 2.45. The second-order valence-corrected chi connectivity index (χ2v) is 5.13. The highest BCUT2D eigenvalue weighted by Gasteiger charge is 2.11. The van der Waals surface area contributed by atoms with Gasteiger partial charge in [0.2, 0.25) is 0 Å². The van der Waals surface area contributed by atoms with E-state index in [2.05, 4.69) is 9.97 Å². The van der Waals surface area contributed by atoms with Crippen LogP contribution in [0, 0.1) is 19.7 Å². The molecule has 0 saturated heterocycles. The summed E-state index contributed by atoms with van der Waals surface area (Å²) in [5.41, 5.74) is 3.39. The molecule has 3 rings (SSSR count). The van der Waals surface area contributed by atoms with E-state index in [4.69, 9.17) is 11.6 Å². The van der Waals surface area contributed by atoms with Crippen molar-refractivity contribution in [2.45, 2.75) is 13.8 Å². The van der Waals surface area contributed by atoms with Crippen molar-refractivity contribution >= 4 is 22.5 Å². The van der Waals surface area contributed by atoms with Crippen molar-refractivity contribution in [3.05, 3.63) is 58.5 Å². The minimum absolute atomic E-state index is 0.310. The summed E-state index contributed by atoms with van der Waals surface area (Å²) in [7, 11) is 0. The highest BCUT2D eigenvalue weighted by atomic mass is 35.5. The fourth-order valence-electron chi connectivity index (χ4n) is 2.21.